The highest BCUT2D eigenvalue weighted by Gasteiger charge is 2.26. The first kappa shape index (κ1) is 13.9. The molecule has 1 aromatic rings. The average molecular weight is 247 g/mol. The molecule has 3 nitrogen and oxygen atoms in total. The number of halogens is 3. The summed E-state index contributed by atoms with van der Waals surface area (Å²) in [4.78, 5) is 7.82. The van der Waals surface area contributed by atoms with Crippen LogP contribution in [-0.2, 0) is 13.0 Å². The van der Waals surface area contributed by atoms with Gasteiger partial charge < -0.3 is 5.32 Å². The van der Waals surface area contributed by atoms with E-state index in [1.54, 1.807) is 12.4 Å². The number of hydrogen-bond donors (Lipinski definition) is 1. The lowest BCUT2D eigenvalue weighted by Crippen LogP contribution is -2.22. The summed E-state index contributed by atoms with van der Waals surface area (Å²) < 4.78 is 35.9. The Morgan fingerprint density at radius 2 is 1.82 bits per heavy atom. The van der Waals surface area contributed by atoms with Crippen LogP contribution < -0.4 is 5.32 Å². The van der Waals surface area contributed by atoms with Gasteiger partial charge in [-0.3, -0.25) is 0 Å². The van der Waals surface area contributed by atoms with Crippen molar-refractivity contribution in [2.75, 3.05) is 0 Å². The number of nitrogens with zero attached hydrogens (tertiary/aromatic N) is 2. The lowest BCUT2D eigenvalue weighted by molar-refractivity contribution is -0.134. The van der Waals surface area contributed by atoms with Gasteiger partial charge in [0.15, 0.2) is 0 Å². The van der Waals surface area contributed by atoms with Gasteiger partial charge in [0.25, 0.3) is 0 Å². The monoisotopic (exact) mass is 247 g/mol. The van der Waals surface area contributed by atoms with Crippen molar-refractivity contribution in [1.82, 2.24) is 15.3 Å². The van der Waals surface area contributed by atoms with Gasteiger partial charge in [-0.25, -0.2) is 9.97 Å². The van der Waals surface area contributed by atoms with Gasteiger partial charge >= 0.3 is 6.18 Å². The minimum absolute atomic E-state index is 0.165. The third-order valence-electron chi connectivity index (χ3n) is 2.11. The van der Waals surface area contributed by atoms with Crippen molar-refractivity contribution in [3.63, 3.8) is 0 Å². The van der Waals surface area contributed by atoms with Crippen LogP contribution in [0.25, 0.3) is 0 Å². The van der Waals surface area contributed by atoms with Gasteiger partial charge in [0.2, 0.25) is 0 Å². The summed E-state index contributed by atoms with van der Waals surface area (Å²) in [6.07, 6.45) is -2.07. The summed E-state index contributed by atoms with van der Waals surface area (Å²) in [7, 11) is 0. The predicted octanol–water partition coefficient (Wildman–Crippen LogP) is 2.47. The molecule has 0 amide bonds. The Morgan fingerprint density at radius 3 is 2.29 bits per heavy atom. The molecule has 6 heteroatoms. The molecule has 17 heavy (non-hydrogen) atoms. The second-order valence-electron chi connectivity index (χ2n) is 4.16. The second-order valence-corrected chi connectivity index (χ2v) is 4.16. The summed E-state index contributed by atoms with van der Waals surface area (Å²) in [5.74, 6) is 0.232. The summed E-state index contributed by atoms with van der Waals surface area (Å²) in [5, 5.41) is 3.18. The zero-order valence-electron chi connectivity index (χ0n) is 9.88. The van der Waals surface area contributed by atoms with Crippen molar-refractivity contribution in [1.29, 1.82) is 0 Å². The van der Waals surface area contributed by atoms with Crippen molar-refractivity contribution < 1.29 is 13.2 Å². The Bertz CT molecular complexity index is 333. The highest BCUT2D eigenvalue weighted by atomic mass is 19.4. The molecule has 0 fully saturated rings. The molecule has 0 aliphatic heterocycles. The molecule has 96 valence electrons. The van der Waals surface area contributed by atoms with Gasteiger partial charge in [-0.2, -0.15) is 13.2 Å². The van der Waals surface area contributed by atoms with Crippen LogP contribution >= 0.6 is 0 Å². The first-order valence-electron chi connectivity index (χ1n) is 5.47. The quantitative estimate of drug-likeness (QED) is 0.868. The molecule has 0 unspecified atom stereocenters. The lowest BCUT2D eigenvalue weighted by Gasteiger charge is -2.08. The summed E-state index contributed by atoms with van der Waals surface area (Å²) in [5.41, 5.74) is 0.870. The van der Waals surface area contributed by atoms with Crippen LogP contribution in [-0.4, -0.2) is 22.2 Å². The van der Waals surface area contributed by atoms with Crippen LogP contribution in [0, 0.1) is 0 Å². The van der Waals surface area contributed by atoms with E-state index in [0.29, 0.717) is 12.6 Å². The summed E-state index contributed by atoms with van der Waals surface area (Å²) in [6.45, 7) is 4.65. The van der Waals surface area contributed by atoms with Crippen LogP contribution in [0.3, 0.4) is 0 Å². The maximum absolute atomic E-state index is 12.0. The summed E-state index contributed by atoms with van der Waals surface area (Å²) >= 11 is 0. The van der Waals surface area contributed by atoms with Gasteiger partial charge in [0.05, 0.1) is 6.42 Å². The maximum atomic E-state index is 12.0. The fourth-order valence-corrected chi connectivity index (χ4v) is 1.18. The number of rotatable bonds is 5. The van der Waals surface area contributed by atoms with Crippen LogP contribution in [0.2, 0.25) is 0 Å². The smallest absolute Gasteiger partial charge is 0.310 e. The molecule has 1 rings (SSSR count). The van der Waals surface area contributed by atoms with E-state index >= 15 is 0 Å². The molecule has 1 N–H and O–H groups in total. The van der Waals surface area contributed by atoms with Crippen molar-refractivity contribution in [3.8, 4) is 0 Å². The molecule has 1 aromatic heterocycles. The van der Waals surface area contributed by atoms with Crippen molar-refractivity contribution in [2.24, 2.45) is 0 Å². The molecule has 0 radical (unpaired) electrons. The van der Waals surface area contributed by atoms with Crippen molar-refractivity contribution in [2.45, 2.75) is 45.5 Å². The number of nitrogens with one attached hydrogen (secondary N) is 1. The SMILES string of the molecule is CC(C)NCc1cnc(CCC(F)(F)F)nc1. The predicted molar refractivity (Wildman–Crippen MR) is 58.4 cm³/mol. The molecule has 1 heterocycles. The topological polar surface area (TPSA) is 37.8 Å². The highest BCUT2D eigenvalue weighted by molar-refractivity contribution is 5.05. The lowest BCUT2D eigenvalue weighted by atomic mass is 10.2. The molecule has 0 aliphatic carbocycles. The molecule has 0 spiro atoms. The van der Waals surface area contributed by atoms with Gasteiger partial charge in [0, 0.05) is 37.0 Å². The first-order chi connectivity index (χ1) is 7.87. The number of hydrogen-bond acceptors (Lipinski definition) is 3. The van der Waals surface area contributed by atoms with E-state index in [2.05, 4.69) is 15.3 Å². The molecule has 0 bridgehead atoms. The average Bonchev–Trinajstić information content (AvgIpc) is 2.24. The van der Waals surface area contributed by atoms with E-state index in [4.69, 9.17) is 0 Å². The largest absolute Gasteiger partial charge is 0.389 e. The van der Waals surface area contributed by atoms with Gasteiger partial charge in [-0.15, -0.1) is 0 Å². The van der Waals surface area contributed by atoms with E-state index in [1.807, 2.05) is 13.8 Å². The van der Waals surface area contributed by atoms with E-state index in [9.17, 15) is 13.2 Å². The number of aromatic nitrogens is 2. The van der Waals surface area contributed by atoms with Crippen LogP contribution in [0.1, 0.15) is 31.7 Å². The van der Waals surface area contributed by atoms with Crippen molar-refractivity contribution in [3.05, 3.63) is 23.8 Å². The van der Waals surface area contributed by atoms with E-state index in [1.165, 1.54) is 0 Å². The van der Waals surface area contributed by atoms with Crippen LogP contribution in [0.4, 0.5) is 13.2 Å². The summed E-state index contributed by atoms with van der Waals surface area (Å²) in [6, 6.07) is 0.347. The molecular formula is C11H16F3N3. The highest BCUT2D eigenvalue weighted by Crippen LogP contribution is 2.20. The molecule has 0 saturated carbocycles. The van der Waals surface area contributed by atoms with Crippen LogP contribution in [0.5, 0.6) is 0 Å². The first-order valence-corrected chi connectivity index (χ1v) is 5.47. The Morgan fingerprint density at radius 1 is 1.24 bits per heavy atom. The zero-order valence-corrected chi connectivity index (χ0v) is 9.88. The number of aryl methyl sites for hydroxylation is 1. The standard InChI is InChI=1S/C11H16F3N3/c1-8(2)15-5-9-6-16-10(17-7-9)3-4-11(12,13)14/h6-8,15H,3-5H2,1-2H3. The van der Waals surface area contributed by atoms with E-state index in [0.717, 1.165) is 5.56 Å². The minimum Gasteiger partial charge on any atom is -0.310 e. The Labute approximate surface area is 98.5 Å². The Hall–Kier alpha value is -1.17. The van der Waals surface area contributed by atoms with E-state index < -0.39 is 12.6 Å². The maximum Gasteiger partial charge on any atom is 0.389 e. The third kappa shape index (κ3) is 6.21. The minimum atomic E-state index is -4.15. The fraction of sp³-hybridized carbons (Fsp3) is 0.636. The molecule has 0 aliphatic rings. The van der Waals surface area contributed by atoms with Crippen molar-refractivity contribution >= 4 is 0 Å². The third-order valence-corrected chi connectivity index (χ3v) is 2.11. The molecular weight excluding hydrogens is 231 g/mol. The Balaban J connectivity index is 2.45. The number of alkyl halides is 3. The molecule has 0 atom stereocenters. The molecule has 0 saturated heterocycles. The fourth-order valence-electron chi connectivity index (χ4n) is 1.18. The zero-order chi connectivity index (χ0) is 12.9. The van der Waals surface area contributed by atoms with Gasteiger partial charge in [-0.1, -0.05) is 13.8 Å². The van der Waals surface area contributed by atoms with E-state index in [-0.39, 0.29) is 12.2 Å². The van der Waals surface area contributed by atoms with Gasteiger partial charge in [0.1, 0.15) is 5.82 Å². The normalized spacial score (nSPS) is 12.1. The molecule has 0 aromatic carbocycles. The van der Waals surface area contributed by atoms with Gasteiger partial charge in [-0.05, 0) is 0 Å². The Kier molecular flexibility index (Phi) is 4.86. The van der Waals surface area contributed by atoms with Crippen LogP contribution in [0.15, 0.2) is 12.4 Å². The second kappa shape index (κ2) is 5.95.